The molecule has 0 bridgehead atoms. The number of methoxy groups -OCH3 is 2. The maximum Gasteiger partial charge on any atom is 0.437 e. The molecule has 1 atom stereocenters. The summed E-state index contributed by atoms with van der Waals surface area (Å²) in [5, 5.41) is 29.2. The lowest BCUT2D eigenvalue weighted by Gasteiger charge is -2.33. The smallest absolute Gasteiger partial charge is 0.437 e. The van der Waals surface area contributed by atoms with Crippen LogP contribution in [0.3, 0.4) is 0 Å². The minimum absolute atomic E-state index is 0.160. The third kappa shape index (κ3) is 8.31. The third-order valence-electron chi connectivity index (χ3n) is 9.88. The average Bonchev–Trinajstić information content (AvgIpc) is 3.56. The normalized spacial score (nSPS) is 18.3. The molecule has 290 valence electrons. The highest BCUT2D eigenvalue weighted by Gasteiger charge is 2.65. The van der Waals surface area contributed by atoms with E-state index in [1.165, 1.54) is 36.4 Å². The predicted octanol–water partition coefficient (Wildman–Crippen LogP) is 12.0. The molecule has 1 aliphatic heterocycles. The van der Waals surface area contributed by atoms with Crippen molar-refractivity contribution in [3.05, 3.63) is 178 Å². The zero-order chi connectivity index (χ0) is 41.5. The molecular formula is C48H39F3N4O3. The second kappa shape index (κ2) is 16.9. The second-order valence-corrected chi connectivity index (χ2v) is 14.5. The summed E-state index contributed by atoms with van der Waals surface area (Å²) in [6, 6.07) is 35.7. The second-order valence-electron chi connectivity index (χ2n) is 14.5. The van der Waals surface area contributed by atoms with Gasteiger partial charge in [0.25, 0.3) is 5.60 Å². The number of halogens is 3. The van der Waals surface area contributed by atoms with Gasteiger partial charge in [-0.05, 0) is 95.6 Å². The maximum absolute atomic E-state index is 15.2. The summed E-state index contributed by atoms with van der Waals surface area (Å²) >= 11 is 0. The molecule has 0 radical (unpaired) electrons. The van der Waals surface area contributed by atoms with Crippen LogP contribution in [-0.2, 0) is 10.3 Å². The van der Waals surface area contributed by atoms with Gasteiger partial charge in [0.15, 0.2) is 11.3 Å². The largest absolute Gasteiger partial charge is 0.497 e. The SMILES string of the molecule is COc1ccc(N(c2ccc(/C=C/C3=CC(=C\C=C\C4=C(C#N)C(=C(C#N)C#N)OC4(c4ccccc4)C(F)(F)F)/CC(C)(C)C3)cc2)c2ccc(OC)cc2)cc1. The first-order valence-electron chi connectivity index (χ1n) is 18.3. The van der Waals surface area contributed by atoms with Crippen molar-refractivity contribution in [2.75, 3.05) is 19.1 Å². The summed E-state index contributed by atoms with van der Waals surface area (Å²) in [7, 11) is 3.27. The quantitative estimate of drug-likeness (QED) is 0.148. The fourth-order valence-electron chi connectivity index (χ4n) is 7.27. The monoisotopic (exact) mass is 776 g/mol. The van der Waals surface area contributed by atoms with E-state index >= 15 is 13.2 Å². The number of anilines is 3. The van der Waals surface area contributed by atoms with E-state index in [1.807, 2.05) is 91.0 Å². The van der Waals surface area contributed by atoms with E-state index in [1.54, 1.807) is 44.6 Å². The van der Waals surface area contributed by atoms with Crippen molar-refractivity contribution in [1.82, 2.24) is 0 Å². The first kappa shape index (κ1) is 40.4. The average molecular weight is 777 g/mol. The van der Waals surface area contributed by atoms with Gasteiger partial charge in [0.2, 0.25) is 0 Å². The molecule has 6 rings (SSSR count). The molecule has 0 amide bonds. The molecule has 1 heterocycles. The Morgan fingerprint density at radius 3 is 1.79 bits per heavy atom. The molecule has 4 aromatic carbocycles. The number of nitriles is 3. The van der Waals surface area contributed by atoms with Crippen LogP contribution in [0.5, 0.6) is 11.5 Å². The predicted molar refractivity (Wildman–Crippen MR) is 218 cm³/mol. The summed E-state index contributed by atoms with van der Waals surface area (Å²) in [6.45, 7) is 4.25. The topological polar surface area (TPSA) is 102 Å². The van der Waals surface area contributed by atoms with E-state index in [4.69, 9.17) is 14.2 Å². The zero-order valence-electron chi connectivity index (χ0n) is 32.3. The van der Waals surface area contributed by atoms with Crippen molar-refractivity contribution in [2.45, 2.75) is 38.5 Å². The van der Waals surface area contributed by atoms with Gasteiger partial charge >= 0.3 is 6.18 Å². The van der Waals surface area contributed by atoms with Crippen molar-refractivity contribution in [1.29, 1.82) is 15.8 Å². The molecule has 0 saturated heterocycles. The van der Waals surface area contributed by atoms with Crippen LogP contribution in [0.25, 0.3) is 6.08 Å². The Morgan fingerprint density at radius 1 is 0.741 bits per heavy atom. The Bertz CT molecular complexity index is 2410. The molecule has 0 saturated carbocycles. The molecule has 4 aromatic rings. The van der Waals surface area contributed by atoms with Crippen LogP contribution >= 0.6 is 0 Å². The van der Waals surface area contributed by atoms with E-state index in [0.29, 0.717) is 6.42 Å². The Balaban J connectivity index is 1.31. The number of rotatable bonds is 10. The fraction of sp³-hybridized carbons (Fsp3) is 0.188. The van der Waals surface area contributed by atoms with E-state index in [0.717, 1.165) is 51.7 Å². The lowest BCUT2D eigenvalue weighted by molar-refractivity contribution is -0.249. The van der Waals surface area contributed by atoms with Gasteiger partial charge in [0.1, 0.15) is 35.3 Å². The van der Waals surface area contributed by atoms with Gasteiger partial charge in [0.05, 0.1) is 14.2 Å². The fourth-order valence-corrected chi connectivity index (χ4v) is 7.27. The van der Waals surface area contributed by atoms with E-state index in [-0.39, 0.29) is 11.0 Å². The Kier molecular flexibility index (Phi) is 11.8. The van der Waals surface area contributed by atoms with Gasteiger partial charge in [-0.1, -0.05) is 92.8 Å². The molecule has 0 fully saturated rings. The van der Waals surface area contributed by atoms with E-state index < -0.39 is 34.3 Å². The summed E-state index contributed by atoms with van der Waals surface area (Å²) in [5.41, 5.74) is 0.404. The van der Waals surface area contributed by atoms with Crippen molar-refractivity contribution in [2.24, 2.45) is 5.41 Å². The highest BCUT2D eigenvalue weighted by Crippen LogP contribution is 2.56. The highest BCUT2D eigenvalue weighted by atomic mass is 19.4. The molecule has 1 aliphatic carbocycles. The van der Waals surface area contributed by atoms with Gasteiger partial charge in [-0.2, -0.15) is 29.0 Å². The Morgan fingerprint density at radius 2 is 1.29 bits per heavy atom. The Labute approximate surface area is 336 Å². The van der Waals surface area contributed by atoms with Gasteiger partial charge in [-0.3, -0.25) is 0 Å². The van der Waals surface area contributed by atoms with Gasteiger partial charge < -0.3 is 19.1 Å². The van der Waals surface area contributed by atoms with Crippen molar-refractivity contribution < 1.29 is 27.4 Å². The molecule has 7 nitrogen and oxygen atoms in total. The molecule has 0 N–H and O–H groups in total. The molecule has 0 aromatic heterocycles. The number of ether oxygens (including phenoxy) is 3. The first-order valence-corrected chi connectivity index (χ1v) is 18.3. The summed E-state index contributed by atoms with van der Waals surface area (Å²) in [4.78, 5) is 2.14. The van der Waals surface area contributed by atoms with Crippen LogP contribution < -0.4 is 14.4 Å². The van der Waals surface area contributed by atoms with E-state index in [9.17, 15) is 15.8 Å². The van der Waals surface area contributed by atoms with Crippen molar-refractivity contribution >= 4 is 23.1 Å². The number of benzene rings is 4. The summed E-state index contributed by atoms with van der Waals surface area (Å²) < 4.78 is 61.9. The summed E-state index contributed by atoms with van der Waals surface area (Å²) in [6.07, 6.45) is 6.84. The summed E-state index contributed by atoms with van der Waals surface area (Å²) in [5.74, 6) is 0.813. The third-order valence-corrected chi connectivity index (χ3v) is 9.88. The van der Waals surface area contributed by atoms with Crippen molar-refractivity contribution in [3.8, 4) is 29.7 Å². The number of nitrogens with zero attached hydrogens (tertiary/aromatic N) is 4. The van der Waals surface area contributed by atoms with Crippen LogP contribution in [0.2, 0.25) is 0 Å². The lowest BCUT2D eigenvalue weighted by atomic mass is 9.75. The van der Waals surface area contributed by atoms with Crippen LogP contribution in [-0.4, -0.2) is 20.4 Å². The molecule has 10 heteroatoms. The van der Waals surface area contributed by atoms with Crippen LogP contribution in [0, 0.1) is 39.4 Å². The van der Waals surface area contributed by atoms with Gasteiger partial charge in [-0.15, -0.1) is 0 Å². The number of hydrogen-bond acceptors (Lipinski definition) is 7. The minimum atomic E-state index is -5.06. The van der Waals surface area contributed by atoms with Crippen molar-refractivity contribution in [3.63, 3.8) is 0 Å². The molecule has 58 heavy (non-hydrogen) atoms. The minimum Gasteiger partial charge on any atom is -0.497 e. The van der Waals surface area contributed by atoms with Crippen LogP contribution in [0.4, 0.5) is 30.2 Å². The van der Waals surface area contributed by atoms with Crippen LogP contribution in [0.15, 0.2) is 167 Å². The lowest BCUT2D eigenvalue weighted by Crippen LogP contribution is -2.43. The number of hydrogen-bond donors (Lipinski definition) is 0. The number of allylic oxidation sites excluding steroid dienone is 8. The van der Waals surface area contributed by atoms with Gasteiger partial charge in [-0.25, -0.2) is 0 Å². The molecule has 2 aliphatic rings. The first-order chi connectivity index (χ1) is 27.9. The standard InChI is InChI=1S/C48H39F3N4O3/c1-46(2)28-34(9-8-12-44-43(32-54)45(36(30-52)31-53)58-47(44,48(49,50)51)37-10-6-5-7-11-37)27-35(29-46)14-13-33-15-17-38(18-16-33)55(39-19-23-41(56-3)24-20-39)40-21-25-42(57-4)26-22-40/h5-27H,28-29H2,1-4H3/b12-8+,14-13+,34-9+. The molecular weight excluding hydrogens is 738 g/mol. The highest BCUT2D eigenvalue weighted by molar-refractivity contribution is 5.77. The van der Waals surface area contributed by atoms with E-state index in [2.05, 4.69) is 18.7 Å². The zero-order valence-corrected chi connectivity index (χ0v) is 32.3. The van der Waals surface area contributed by atoms with Gasteiger partial charge in [0, 0.05) is 28.2 Å². The van der Waals surface area contributed by atoms with Crippen LogP contribution in [0.1, 0.15) is 37.8 Å². The molecule has 1 unspecified atom stereocenters. The Hall–Kier alpha value is -7.22. The molecule has 0 spiro atoms. The number of alkyl halides is 3. The maximum atomic E-state index is 15.2.